The zero-order valence-corrected chi connectivity index (χ0v) is 17.9. The molecule has 0 atom stereocenters. The van der Waals surface area contributed by atoms with Gasteiger partial charge in [0.15, 0.2) is 0 Å². The lowest BCUT2D eigenvalue weighted by atomic mass is 10.00. The highest BCUT2D eigenvalue weighted by Gasteiger charge is 2.13. The van der Waals surface area contributed by atoms with E-state index < -0.39 is 0 Å². The molecule has 0 spiro atoms. The lowest BCUT2D eigenvalue weighted by Crippen LogP contribution is -2.11. The van der Waals surface area contributed by atoms with Crippen molar-refractivity contribution in [1.82, 2.24) is 9.97 Å². The van der Waals surface area contributed by atoms with Crippen molar-refractivity contribution in [3.63, 3.8) is 0 Å². The molecular formula is C23H24N4O2S. The van der Waals surface area contributed by atoms with Crippen LogP contribution in [0.1, 0.15) is 30.4 Å². The lowest BCUT2D eigenvalue weighted by molar-refractivity contribution is -0.116. The quantitative estimate of drug-likeness (QED) is 0.515. The Bertz CT molecular complexity index is 1050. The van der Waals surface area contributed by atoms with Crippen molar-refractivity contribution in [2.75, 3.05) is 16.6 Å². The number of anilines is 2. The third kappa shape index (κ3) is 4.91. The number of carbonyl (C=O) groups excluding carboxylic acids is 1. The van der Waals surface area contributed by atoms with Gasteiger partial charge in [0.2, 0.25) is 17.7 Å². The maximum absolute atomic E-state index is 12.1. The first-order valence-electron chi connectivity index (χ1n) is 10.00. The summed E-state index contributed by atoms with van der Waals surface area (Å²) in [5, 5.41) is 2.95. The van der Waals surface area contributed by atoms with Crippen LogP contribution in [0.15, 0.2) is 53.4 Å². The van der Waals surface area contributed by atoms with Crippen LogP contribution in [0.3, 0.4) is 0 Å². The van der Waals surface area contributed by atoms with Crippen LogP contribution in [0.5, 0.6) is 5.88 Å². The predicted octanol–water partition coefficient (Wildman–Crippen LogP) is 5.38. The SMILES string of the molecule is Cc1cccc(C)c1-c1cc2nc(n1)NSc1cccc(c1)NC(=O)CCCCO2. The minimum absolute atomic E-state index is 0.0117. The van der Waals surface area contributed by atoms with E-state index in [1.807, 2.05) is 36.4 Å². The van der Waals surface area contributed by atoms with Crippen molar-refractivity contribution in [3.05, 3.63) is 59.7 Å². The molecule has 1 aromatic heterocycles. The van der Waals surface area contributed by atoms with Gasteiger partial charge in [-0.1, -0.05) is 24.3 Å². The number of nitrogens with zero attached hydrogens (tertiary/aromatic N) is 2. The second-order valence-corrected chi connectivity index (χ2v) is 8.15. The Kier molecular flexibility index (Phi) is 6.18. The molecule has 30 heavy (non-hydrogen) atoms. The van der Waals surface area contributed by atoms with Crippen LogP contribution >= 0.6 is 11.9 Å². The molecule has 7 heteroatoms. The van der Waals surface area contributed by atoms with Crippen LogP contribution in [0, 0.1) is 13.8 Å². The number of nitrogens with one attached hydrogen (secondary N) is 2. The van der Waals surface area contributed by atoms with Crippen LogP contribution in [0.25, 0.3) is 11.3 Å². The van der Waals surface area contributed by atoms with Gasteiger partial charge in [0.1, 0.15) is 0 Å². The van der Waals surface area contributed by atoms with E-state index in [4.69, 9.17) is 9.72 Å². The summed E-state index contributed by atoms with van der Waals surface area (Å²) in [5.74, 6) is 1.02. The molecule has 3 aromatic rings. The highest BCUT2D eigenvalue weighted by Crippen LogP contribution is 2.30. The molecule has 0 saturated carbocycles. The van der Waals surface area contributed by atoms with E-state index in [1.54, 1.807) is 0 Å². The van der Waals surface area contributed by atoms with E-state index in [2.05, 4.69) is 41.0 Å². The van der Waals surface area contributed by atoms with Crippen molar-refractivity contribution in [2.45, 2.75) is 38.0 Å². The Morgan fingerprint density at radius 1 is 1.00 bits per heavy atom. The topological polar surface area (TPSA) is 76.1 Å². The first kappa shape index (κ1) is 20.2. The number of carbonyl (C=O) groups is 1. The van der Waals surface area contributed by atoms with Crippen molar-refractivity contribution in [2.24, 2.45) is 0 Å². The highest BCUT2D eigenvalue weighted by atomic mass is 32.2. The molecule has 2 heterocycles. The summed E-state index contributed by atoms with van der Waals surface area (Å²) in [6.07, 6.45) is 1.98. The molecular weight excluding hydrogens is 396 g/mol. The van der Waals surface area contributed by atoms with Gasteiger partial charge in [0.25, 0.3) is 0 Å². The van der Waals surface area contributed by atoms with Gasteiger partial charge in [-0.3, -0.25) is 9.52 Å². The molecule has 2 aromatic carbocycles. The first-order chi connectivity index (χ1) is 14.6. The molecule has 1 aliphatic heterocycles. The van der Waals surface area contributed by atoms with Crippen LogP contribution in [0.4, 0.5) is 11.6 Å². The van der Waals surface area contributed by atoms with Gasteiger partial charge >= 0.3 is 0 Å². The standard InChI is InChI=1S/C23H24N4O2S/c1-15-7-5-8-16(2)22(15)19-14-21-26-23(25-19)27-30-18-10-6-9-17(13-18)24-20(28)11-3-4-12-29-21/h5-10,13-14H,3-4,11-12H2,1-2H3,(H,24,28)(H,25,26,27). The number of ether oxygens (including phenoxy) is 1. The summed E-state index contributed by atoms with van der Waals surface area (Å²) in [5.41, 5.74) is 5.01. The Morgan fingerprint density at radius 3 is 2.63 bits per heavy atom. The molecule has 6 nitrogen and oxygen atoms in total. The Balaban J connectivity index is 1.69. The third-order valence-corrected chi connectivity index (χ3v) is 5.64. The van der Waals surface area contributed by atoms with Crippen molar-refractivity contribution < 1.29 is 9.53 Å². The Hall–Kier alpha value is -3.06. The average Bonchev–Trinajstić information content (AvgIpc) is 2.72. The van der Waals surface area contributed by atoms with Gasteiger partial charge in [-0.05, 0) is 68.0 Å². The largest absolute Gasteiger partial charge is 0.478 e. The number of aromatic nitrogens is 2. The van der Waals surface area contributed by atoms with Crippen LogP contribution in [-0.2, 0) is 4.79 Å². The number of amides is 1. The molecule has 0 aliphatic carbocycles. The maximum Gasteiger partial charge on any atom is 0.237 e. The normalized spacial score (nSPS) is 14.5. The van der Waals surface area contributed by atoms with Crippen molar-refractivity contribution in [1.29, 1.82) is 0 Å². The number of rotatable bonds is 1. The zero-order valence-electron chi connectivity index (χ0n) is 17.1. The van der Waals surface area contributed by atoms with E-state index in [0.717, 1.165) is 45.8 Å². The van der Waals surface area contributed by atoms with Crippen LogP contribution in [-0.4, -0.2) is 22.5 Å². The summed E-state index contributed by atoms with van der Waals surface area (Å²) in [4.78, 5) is 22.4. The van der Waals surface area contributed by atoms with Gasteiger partial charge in [-0.25, -0.2) is 4.98 Å². The fourth-order valence-electron chi connectivity index (χ4n) is 3.42. The second kappa shape index (κ2) is 9.17. The van der Waals surface area contributed by atoms with E-state index in [-0.39, 0.29) is 5.91 Å². The predicted molar refractivity (Wildman–Crippen MR) is 121 cm³/mol. The van der Waals surface area contributed by atoms with Gasteiger partial charge < -0.3 is 10.1 Å². The zero-order chi connectivity index (χ0) is 20.9. The highest BCUT2D eigenvalue weighted by molar-refractivity contribution is 8.00. The fraction of sp³-hybridized carbons (Fsp3) is 0.261. The minimum Gasteiger partial charge on any atom is -0.478 e. The molecule has 4 rings (SSSR count). The number of benzene rings is 2. The summed E-state index contributed by atoms with van der Waals surface area (Å²) < 4.78 is 9.14. The van der Waals surface area contributed by atoms with Gasteiger partial charge in [-0.2, -0.15) is 4.98 Å². The van der Waals surface area contributed by atoms with Gasteiger partial charge in [0.05, 0.1) is 12.3 Å². The molecule has 0 unspecified atom stereocenters. The summed E-state index contributed by atoms with van der Waals surface area (Å²) in [6.45, 7) is 4.66. The van der Waals surface area contributed by atoms with Crippen LogP contribution in [0.2, 0.25) is 0 Å². The van der Waals surface area contributed by atoms with E-state index >= 15 is 0 Å². The van der Waals surface area contributed by atoms with E-state index in [9.17, 15) is 4.79 Å². The van der Waals surface area contributed by atoms with Gasteiger partial charge in [0, 0.05) is 28.6 Å². The molecule has 154 valence electrons. The average molecular weight is 421 g/mol. The fourth-order valence-corrected chi connectivity index (χ4v) is 4.05. The summed E-state index contributed by atoms with van der Waals surface area (Å²) in [7, 11) is 0. The molecule has 2 N–H and O–H groups in total. The smallest absolute Gasteiger partial charge is 0.237 e. The number of hydrogen-bond acceptors (Lipinski definition) is 6. The molecule has 0 radical (unpaired) electrons. The first-order valence-corrected chi connectivity index (χ1v) is 10.8. The van der Waals surface area contributed by atoms with Crippen LogP contribution < -0.4 is 14.8 Å². The van der Waals surface area contributed by atoms with E-state index in [1.165, 1.54) is 11.9 Å². The van der Waals surface area contributed by atoms with Crippen molar-refractivity contribution >= 4 is 29.5 Å². The number of aryl methyl sites for hydroxylation is 2. The summed E-state index contributed by atoms with van der Waals surface area (Å²) >= 11 is 1.40. The Labute approximate surface area is 180 Å². The molecule has 4 bridgehead atoms. The van der Waals surface area contributed by atoms with Gasteiger partial charge in [-0.15, -0.1) is 0 Å². The summed E-state index contributed by atoms with van der Waals surface area (Å²) in [6, 6.07) is 15.8. The molecule has 0 fully saturated rings. The monoisotopic (exact) mass is 420 g/mol. The van der Waals surface area contributed by atoms with E-state index in [0.29, 0.717) is 24.9 Å². The Morgan fingerprint density at radius 2 is 1.80 bits per heavy atom. The van der Waals surface area contributed by atoms with Crippen molar-refractivity contribution in [3.8, 4) is 17.1 Å². The second-order valence-electron chi connectivity index (χ2n) is 7.27. The lowest BCUT2D eigenvalue weighted by Gasteiger charge is -2.13. The molecule has 0 saturated heterocycles. The minimum atomic E-state index is 0.0117. The molecule has 1 amide bonds. The molecule has 1 aliphatic rings. The maximum atomic E-state index is 12.1. The number of fused-ring (bicyclic) bond motifs is 4. The third-order valence-electron chi connectivity index (χ3n) is 4.87. The number of hydrogen-bond donors (Lipinski definition) is 2.